The first kappa shape index (κ1) is 16.4. The van der Waals surface area contributed by atoms with Crippen molar-refractivity contribution in [3.8, 4) is 0 Å². The number of hydrogen-bond acceptors (Lipinski definition) is 4. The van der Waals surface area contributed by atoms with Crippen molar-refractivity contribution in [2.75, 3.05) is 11.3 Å². The van der Waals surface area contributed by atoms with Gasteiger partial charge in [-0.15, -0.1) is 11.3 Å². The summed E-state index contributed by atoms with van der Waals surface area (Å²) in [6.07, 6.45) is 0. The lowest BCUT2D eigenvalue weighted by atomic mass is 10.3. The first-order chi connectivity index (χ1) is 9.92. The number of benzene rings is 1. The Morgan fingerprint density at radius 1 is 1.29 bits per heavy atom. The summed E-state index contributed by atoms with van der Waals surface area (Å²) in [7, 11) is -3.70. The highest BCUT2D eigenvalue weighted by atomic mass is 79.9. The second kappa shape index (κ2) is 6.87. The Hall–Kier alpha value is -0.960. The van der Waals surface area contributed by atoms with Crippen LogP contribution in [0.1, 0.15) is 11.8 Å². The molecule has 0 bridgehead atoms. The molecule has 0 saturated carbocycles. The lowest BCUT2D eigenvalue weighted by Crippen LogP contribution is -2.13. The van der Waals surface area contributed by atoms with Gasteiger partial charge in [-0.25, -0.2) is 12.8 Å². The second-order valence-electron chi connectivity index (χ2n) is 4.24. The number of anilines is 1. The van der Waals surface area contributed by atoms with E-state index < -0.39 is 15.8 Å². The summed E-state index contributed by atoms with van der Waals surface area (Å²) in [6, 6.07) is 6.80. The Labute approximate surface area is 135 Å². The maximum atomic E-state index is 12.8. The third kappa shape index (κ3) is 4.26. The van der Waals surface area contributed by atoms with Gasteiger partial charge >= 0.3 is 0 Å². The fraction of sp³-hybridized carbons (Fsp3) is 0.231. The fourth-order valence-electron chi connectivity index (χ4n) is 1.64. The third-order valence-corrected chi connectivity index (χ3v) is 6.28. The molecule has 0 aliphatic rings. The zero-order valence-electron chi connectivity index (χ0n) is 11.2. The van der Waals surface area contributed by atoms with Gasteiger partial charge in [-0.05, 0) is 52.8 Å². The molecule has 2 aromatic rings. The zero-order chi connectivity index (χ0) is 15.5. The smallest absolute Gasteiger partial charge is 0.263 e. The van der Waals surface area contributed by atoms with Crippen molar-refractivity contribution in [1.29, 1.82) is 0 Å². The molecule has 21 heavy (non-hydrogen) atoms. The average molecular weight is 393 g/mol. The summed E-state index contributed by atoms with van der Waals surface area (Å²) in [6.45, 7) is 3.41. The van der Waals surface area contributed by atoms with Crippen molar-refractivity contribution < 1.29 is 12.8 Å². The lowest BCUT2D eigenvalue weighted by molar-refractivity contribution is 0.601. The first-order valence-electron chi connectivity index (χ1n) is 6.19. The fourth-order valence-corrected chi connectivity index (χ4v) is 5.36. The van der Waals surface area contributed by atoms with E-state index in [-0.39, 0.29) is 4.90 Å². The SMILES string of the molecule is CCNCc1cc(S(=O)(=O)Nc2ccc(F)cc2)c(Br)s1. The zero-order valence-corrected chi connectivity index (χ0v) is 14.4. The molecule has 114 valence electrons. The molecule has 1 aromatic carbocycles. The van der Waals surface area contributed by atoms with E-state index >= 15 is 0 Å². The molecular formula is C13H14BrFN2O2S2. The molecule has 8 heteroatoms. The minimum Gasteiger partial charge on any atom is -0.312 e. The molecule has 1 heterocycles. The highest BCUT2D eigenvalue weighted by Gasteiger charge is 2.21. The molecule has 0 amide bonds. The van der Waals surface area contributed by atoms with Crippen LogP contribution in [0.5, 0.6) is 0 Å². The summed E-state index contributed by atoms with van der Waals surface area (Å²) in [5.41, 5.74) is 0.322. The maximum absolute atomic E-state index is 12.8. The lowest BCUT2D eigenvalue weighted by Gasteiger charge is -2.06. The van der Waals surface area contributed by atoms with E-state index in [1.165, 1.54) is 35.6 Å². The van der Waals surface area contributed by atoms with E-state index in [1.54, 1.807) is 6.07 Å². The van der Waals surface area contributed by atoms with Crippen LogP contribution in [-0.4, -0.2) is 15.0 Å². The molecule has 4 nitrogen and oxygen atoms in total. The molecular weight excluding hydrogens is 379 g/mol. The minimum atomic E-state index is -3.70. The summed E-state index contributed by atoms with van der Waals surface area (Å²) in [5, 5.41) is 3.15. The van der Waals surface area contributed by atoms with Gasteiger partial charge in [-0.3, -0.25) is 4.72 Å². The number of sulfonamides is 1. The van der Waals surface area contributed by atoms with Gasteiger partial charge in [0.15, 0.2) is 0 Å². The van der Waals surface area contributed by atoms with Gasteiger partial charge in [0.1, 0.15) is 10.7 Å². The Morgan fingerprint density at radius 3 is 2.57 bits per heavy atom. The molecule has 0 aliphatic heterocycles. The van der Waals surface area contributed by atoms with Crippen molar-refractivity contribution >= 4 is 43.0 Å². The van der Waals surface area contributed by atoms with Crippen LogP contribution in [0.25, 0.3) is 0 Å². The molecule has 0 saturated heterocycles. The molecule has 0 radical (unpaired) electrons. The van der Waals surface area contributed by atoms with Crippen LogP contribution in [0.3, 0.4) is 0 Å². The number of halogens is 2. The Morgan fingerprint density at radius 2 is 1.95 bits per heavy atom. The molecule has 0 atom stereocenters. The number of nitrogens with one attached hydrogen (secondary N) is 2. The Kier molecular flexibility index (Phi) is 5.37. The van der Waals surface area contributed by atoms with Crippen LogP contribution in [0.4, 0.5) is 10.1 Å². The van der Waals surface area contributed by atoms with E-state index in [0.29, 0.717) is 16.0 Å². The second-order valence-corrected chi connectivity index (χ2v) is 8.35. The van der Waals surface area contributed by atoms with Gasteiger partial charge in [0.25, 0.3) is 10.0 Å². The van der Waals surface area contributed by atoms with Crippen molar-refractivity contribution in [3.05, 3.63) is 44.8 Å². The molecule has 1 aromatic heterocycles. The number of hydrogen-bond donors (Lipinski definition) is 2. The van der Waals surface area contributed by atoms with Crippen molar-refractivity contribution in [3.63, 3.8) is 0 Å². The largest absolute Gasteiger partial charge is 0.312 e. The number of rotatable bonds is 6. The predicted molar refractivity (Wildman–Crippen MR) is 86.6 cm³/mol. The van der Waals surface area contributed by atoms with Gasteiger partial charge < -0.3 is 5.32 Å². The third-order valence-electron chi connectivity index (χ3n) is 2.64. The van der Waals surface area contributed by atoms with Gasteiger partial charge in [0.2, 0.25) is 0 Å². The van der Waals surface area contributed by atoms with Gasteiger partial charge in [-0.2, -0.15) is 0 Å². The molecule has 0 unspecified atom stereocenters. The highest BCUT2D eigenvalue weighted by Crippen LogP contribution is 2.32. The standard InChI is InChI=1S/C13H14BrFN2O2S2/c1-2-16-8-11-7-12(13(14)20-11)21(18,19)17-10-5-3-9(15)4-6-10/h3-7,16-17H,2,8H2,1H3. The van der Waals surface area contributed by atoms with E-state index in [4.69, 9.17) is 0 Å². The van der Waals surface area contributed by atoms with Crippen LogP contribution in [0.15, 0.2) is 39.0 Å². The molecule has 0 spiro atoms. The van der Waals surface area contributed by atoms with Crippen molar-refractivity contribution in [1.82, 2.24) is 5.32 Å². The molecule has 2 rings (SSSR count). The topological polar surface area (TPSA) is 58.2 Å². The minimum absolute atomic E-state index is 0.185. The highest BCUT2D eigenvalue weighted by molar-refractivity contribution is 9.11. The number of thiophene rings is 1. The molecule has 2 N–H and O–H groups in total. The van der Waals surface area contributed by atoms with Gasteiger partial charge in [-0.1, -0.05) is 6.92 Å². The summed E-state index contributed by atoms with van der Waals surface area (Å²) >= 11 is 4.65. The van der Waals surface area contributed by atoms with Crippen LogP contribution in [-0.2, 0) is 16.6 Å². The summed E-state index contributed by atoms with van der Waals surface area (Å²) < 4.78 is 40.5. The monoisotopic (exact) mass is 392 g/mol. The molecule has 0 fully saturated rings. The van der Waals surface area contributed by atoms with Gasteiger partial charge in [0.05, 0.1) is 3.79 Å². The van der Waals surface area contributed by atoms with E-state index in [1.807, 2.05) is 6.92 Å². The van der Waals surface area contributed by atoms with E-state index in [2.05, 4.69) is 26.0 Å². The quantitative estimate of drug-likeness (QED) is 0.789. The van der Waals surface area contributed by atoms with Crippen LogP contribution in [0.2, 0.25) is 0 Å². The molecule has 0 aliphatic carbocycles. The maximum Gasteiger partial charge on any atom is 0.263 e. The van der Waals surface area contributed by atoms with Crippen LogP contribution >= 0.6 is 27.3 Å². The van der Waals surface area contributed by atoms with Crippen molar-refractivity contribution in [2.24, 2.45) is 0 Å². The Bertz CT molecular complexity index is 714. The van der Waals surface area contributed by atoms with Crippen molar-refractivity contribution in [2.45, 2.75) is 18.4 Å². The van der Waals surface area contributed by atoms with Gasteiger partial charge in [0, 0.05) is 17.1 Å². The predicted octanol–water partition coefficient (Wildman–Crippen LogP) is 3.56. The summed E-state index contributed by atoms with van der Waals surface area (Å²) in [4.78, 5) is 1.10. The normalized spacial score (nSPS) is 11.6. The Balaban J connectivity index is 2.22. The average Bonchev–Trinajstić information content (AvgIpc) is 2.81. The first-order valence-corrected chi connectivity index (χ1v) is 9.29. The van der Waals surface area contributed by atoms with E-state index in [0.717, 1.165) is 11.4 Å². The summed E-state index contributed by atoms with van der Waals surface area (Å²) in [5.74, 6) is -0.414. The van der Waals surface area contributed by atoms with Crippen LogP contribution in [0, 0.1) is 5.82 Å². The van der Waals surface area contributed by atoms with E-state index in [9.17, 15) is 12.8 Å². The van der Waals surface area contributed by atoms with Crippen LogP contribution < -0.4 is 10.0 Å².